The molecule has 0 spiro atoms. The van der Waals surface area contributed by atoms with E-state index in [9.17, 15) is 0 Å². The smallest absolute Gasteiger partial charge is 0.0431 e. The minimum Gasteiger partial charge on any atom is -0.396 e. The normalized spacial score (nSPS) is 20.9. The Bertz CT molecular complexity index is 356. The van der Waals surface area contributed by atoms with Crippen LogP contribution in [-0.4, -0.2) is 23.5 Å². The van der Waals surface area contributed by atoms with Crippen molar-refractivity contribution in [2.45, 2.75) is 43.2 Å². The number of hydrogen-bond donors (Lipinski definition) is 2. The minimum atomic E-state index is 0.295. The Kier molecular flexibility index (Phi) is 4.89. The van der Waals surface area contributed by atoms with Gasteiger partial charge in [0.1, 0.15) is 0 Å². The highest BCUT2D eigenvalue weighted by Crippen LogP contribution is 2.36. The third kappa shape index (κ3) is 3.47. The fourth-order valence-electron chi connectivity index (χ4n) is 2.34. The van der Waals surface area contributed by atoms with E-state index in [1.807, 2.05) is 11.8 Å². The maximum absolute atomic E-state index is 8.85. The molecule has 94 valence electrons. The zero-order valence-corrected chi connectivity index (χ0v) is 11.2. The average Bonchev–Trinajstić information content (AvgIpc) is 2.37. The summed E-state index contributed by atoms with van der Waals surface area (Å²) < 4.78 is 0. The fourth-order valence-corrected chi connectivity index (χ4v) is 3.46. The summed E-state index contributed by atoms with van der Waals surface area (Å²) in [7, 11) is 0. The quantitative estimate of drug-likeness (QED) is 0.844. The van der Waals surface area contributed by atoms with E-state index in [1.54, 1.807) is 0 Å². The van der Waals surface area contributed by atoms with E-state index in [0.717, 1.165) is 12.8 Å². The first-order chi connectivity index (χ1) is 8.31. The molecule has 0 aromatic heterocycles. The molecule has 0 saturated heterocycles. The van der Waals surface area contributed by atoms with Crippen LogP contribution in [0.2, 0.25) is 0 Å². The number of aliphatic hydroxyl groups is 1. The number of thioether (sulfide) groups is 1. The molecule has 2 N–H and O–H groups in total. The molecule has 2 nitrogen and oxygen atoms in total. The third-order valence-corrected chi connectivity index (χ3v) is 4.36. The fraction of sp³-hybridized carbons (Fsp3) is 0.571. The first-order valence-electron chi connectivity index (χ1n) is 6.40. The Hall–Kier alpha value is -0.510. The van der Waals surface area contributed by atoms with E-state index in [1.165, 1.54) is 22.6 Å². The third-order valence-electron chi connectivity index (χ3n) is 3.24. The Balaban J connectivity index is 1.98. The molecule has 1 aliphatic rings. The van der Waals surface area contributed by atoms with Crippen molar-refractivity contribution in [2.75, 3.05) is 12.4 Å². The predicted molar refractivity (Wildman–Crippen MR) is 73.4 cm³/mol. The Morgan fingerprint density at radius 1 is 1.47 bits per heavy atom. The topological polar surface area (TPSA) is 32.3 Å². The van der Waals surface area contributed by atoms with Gasteiger partial charge in [-0.2, -0.15) is 0 Å². The Labute approximate surface area is 108 Å². The van der Waals surface area contributed by atoms with E-state index in [0.29, 0.717) is 18.7 Å². The first kappa shape index (κ1) is 12.9. The van der Waals surface area contributed by atoms with Gasteiger partial charge in [-0.15, -0.1) is 11.8 Å². The summed E-state index contributed by atoms with van der Waals surface area (Å²) in [4.78, 5) is 1.42. The number of fused-ring (bicyclic) bond motifs is 1. The van der Waals surface area contributed by atoms with Crippen LogP contribution >= 0.6 is 11.8 Å². The monoisotopic (exact) mass is 251 g/mol. The summed E-state index contributed by atoms with van der Waals surface area (Å²) in [6.07, 6.45) is 3.13. The lowest BCUT2D eigenvalue weighted by Gasteiger charge is -2.28. The molecule has 17 heavy (non-hydrogen) atoms. The SMILES string of the molecule is CC(CCCO)NC1CCSc2ccccc21. The van der Waals surface area contributed by atoms with Crippen LogP contribution < -0.4 is 5.32 Å². The lowest BCUT2D eigenvalue weighted by Crippen LogP contribution is -2.32. The van der Waals surface area contributed by atoms with Gasteiger partial charge in [-0.05, 0) is 43.6 Å². The Morgan fingerprint density at radius 2 is 2.29 bits per heavy atom. The van der Waals surface area contributed by atoms with Gasteiger partial charge in [0.05, 0.1) is 0 Å². The zero-order valence-electron chi connectivity index (χ0n) is 10.4. The van der Waals surface area contributed by atoms with Gasteiger partial charge in [-0.3, -0.25) is 0 Å². The van der Waals surface area contributed by atoms with Crippen LogP contribution in [0.25, 0.3) is 0 Å². The molecule has 0 bridgehead atoms. The molecule has 0 radical (unpaired) electrons. The van der Waals surface area contributed by atoms with Crippen LogP contribution in [0.15, 0.2) is 29.2 Å². The molecule has 0 aliphatic carbocycles. The van der Waals surface area contributed by atoms with Gasteiger partial charge in [-0.25, -0.2) is 0 Å². The van der Waals surface area contributed by atoms with Crippen molar-refractivity contribution in [3.8, 4) is 0 Å². The molecule has 0 fully saturated rings. The summed E-state index contributed by atoms with van der Waals surface area (Å²) in [5, 5.41) is 12.5. The predicted octanol–water partition coefficient (Wildman–Crippen LogP) is 2.97. The molecular formula is C14H21NOS. The lowest BCUT2D eigenvalue weighted by atomic mass is 10.0. The van der Waals surface area contributed by atoms with Crippen molar-refractivity contribution in [1.82, 2.24) is 5.32 Å². The van der Waals surface area contributed by atoms with Gasteiger partial charge in [0.25, 0.3) is 0 Å². The first-order valence-corrected chi connectivity index (χ1v) is 7.38. The van der Waals surface area contributed by atoms with Crippen LogP contribution in [0, 0.1) is 0 Å². The second kappa shape index (κ2) is 6.43. The molecule has 1 aromatic rings. The average molecular weight is 251 g/mol. The molecule has 1 heterocycles. The molecule has 2 unspecified atom stereocenters. The van der Waals surface area contributed by atoms with Crippen molar-refractivity contribution < 1.29 is 5.11 Å². The number of benzene rings is 1. The zero-order chi connectivity index (χ0) is 12.1. The van der Waals surface area contributed by atoms with Crippen molar-refractivity contribution in [3.05, 3.63) is 29.8 Å². The van der Waals surface area contributed by atoms with Crippen molar-refractivity contribution in [1.29, 1.82) is 0 Å². The number of aliphatic hydroxyl groups excluding tert-OH is 1. The van der Waals surface area contributed by atoms with E-state index < -0.39 is 0 Å². The molecule has 0 amide bonds. The van der Waals surface area contributed by atoms with Crippen molar-refractivity contribution in [2.24, 2.45) is 0 Å². The summed E-state index contributed by atoms with van der Waals surface area (Å²) in [6.45, 7) is 2.50. The maximum Gasteiger partial charge on any atom is 0.0431 e. The van der Waals surface area contributed by atoms with Gasteiger partial charge in [0.15, 0.2) is 0 Å². The molecule has 2 rings (SSSR count). The Morgan fingerprint density at radius 3 is 3.12 bits per heavy atom. The lowest BCUT2D eigenvalue weighted by molar-refractivity contribution is 0.273. The second-order valence-corrected chi connectivity index (χ2v) is 5.80. The van der Waals surface area contributed by atoms with Gasteiger partial charge < -0.3 is 10.4 Å². The number of hydrogen-bond acceptors (Lipinski definition) is 3. The molecular weight excluding hydrogens is 230 g/mol. The van der Waals surface area contributed by atoms with E-state index >= 15 is 0 Å². The maximum atomic E-state index is 8.85. The van der Waals surface area contributed by atoms with Crippen molar-refractivity contribution >= 4 is 11.8 Å². The molecule has 2 atom stereocenters. The van der Waals surface area contributed by atoms with Crippen LogP contribution in [0.3, 0.4) is 0 Å². The van der Waals surface area contributed by atoms with Gasteiger partial charge >= 0.3 is 0 Å². The summed E-state index contributed by atoms with van der Waals surface area (Å²) >= 11 is 1.96. The standard InChI is InChI=1S/C14H21NOS/c1-11(5-4-9-16)15-13-8-10-17-14-7-3-2-6-12(13)14/h2-3,6-7,11,13,15-16H,4-5,8-10H2,1H3. The summed E-state index contributed by atoms with van der Waals surface area (Å²) in [5.74, 6) is 1.20. The molecule has 1 aliphatic heterocycles. The van der Waals surface area contributed by atoms with Gasteiger partial charge in [-0.1, -0.05) is 18.2 Å². The molecule has 3 heteroatoms. The number of rotatable bonds is 5. The van der Waals surface area contributed by atoms with E-state index in [-0.39, 0.29) is 0 Å². The molecule has 0 saturated carbocycles. The largest absolute Gasteiger partial charge is 0.396 e. The van der Waals surface area contributed by atoms with Crippen LogP contribution in [0.5, 0.6) is 0 Å². The second-order valence-electron chi connectivity index (χ2n) is 4.66. The van der Waals surface area contributed by atoms with E-state index in [2.05, 4.69) is 36.5 Å². The van der Waals surface area contributed by atoms with Crippen LogP contribution in [0.4, 0.5) is 0 Å². The van der Waals surface area contributed by atoms with Crippen LogP contribution in [-0.2, 0) is 0 Å². The number of nitrogens with one attached hydrogen (secondary N) is 1. The summed E-state index contributed by atoms with van der Waals surface area (Å²) in [6, 6.07) is 9.65. The highest BCUT2D eigenvalue weighted by molar-refractivity contribution is 7.99. The van der Waals surface area contributed by atoms with Gasteiger partial charge in [0.2, 0.25) is 0 Å². The van der Waals surface area contributed by atoms with Crippen LogP contribution in [0.1, 0.15) is 37.8 Å². The van der Waals surface area contributed by atoms with E-state index in [4.69, 9.17) is 5.11 Å². The summed E-state index contributed by atoms with van der Waals surface area (Å²) in [5.41, 5.74) is 1.44. The minimum absolute atomic E-state index is 0.295. The molecule has 1 aromatic carbocycles. The van der Waals surface area contributed by atoms with Crippen molar-refractivity contribution in [3.63, 3.8) is 0 Å². The van der Waals surface area contributed by atoms with Gasteiger partial charge in [0, 0.05) is 23.6 Å². The highest BCUT2D eigenvalue weighted by atomic mass is 32.2. The highest BCUT2D eigenvalue weighted by Gasteiger charge is 2.21.